The zero-order valence-corrected chi connectivity index (χ0v) is 9.92. The Bertz CT molecular complexity index is 479. The molecule has 0 aliphatic heterocycles. The summed E-state index contributed by atoms with van der Waals surface area (Å²) in [6, 6.07) is 11.2. The largest absolute Gasteiger partial charge is 0.384 e. The Labute approximate surface area is 103 Å². The van der Waals surface area contributed by atoms with E-state index >= 15 is 0 Å². The van der Waals surface area contributed by atoms with E-state index in [1.165, 1.54) is 0 Å². The maximum Gasteiger partial charge on any atom is 0.126 e. The van der Waals surface area contributed by atoms with Gasteiger partial charge in [-0.1, -0.05) is 23.4 Å². The van der Waals surface area contributed by atoms with Crippen LogP contribution < -0.4 is 11.5 Å². The second kappa shape index (κ2) is 4.63. The lowest BCUT2D eigenvalue weighted by Crippen LogP contribution is -1.95. The molecule has 0 bridgehead atoms. The Morgan fingerprint density at radius 1 is 0.938 bits per heavy atom. The molecule has 2 rings (SSSR count). The minimum absolute atomic E-state index is 0.427. The molecule has 0 radical (unpaired) electrons. The van der Waals surface area contributed by atoms with Crippen molar-refractivity contribution in [1.29, 1.82) is 0 Å². The van der Waals surface area contributed by atoms with Gasteiger partial charge in [0.15, 0.2) is 0 Å². The van der Waals surface area contributed by atoms with E-state index in [1.807, 2.05) is 24.3 Å². The standard InChI is InChI=1S/C11H10ClN3S/c12-7-1-3-8(4-2-7)16-9-5-10(13)15-11(14)6-9/h1-6H,(H4,13,14,15). The highest BCUT2D eigenvalue weighted by molar-refractivity contribution is 7.99. The van der Waals surface area contributed by atoms with Gasteiger partial charge in [0.25, 0.3) is 0 Å². The van der Waals surface area contributed by atoms with Gasteiger partial charge in [-0.3, -0.25) is 0 Å². The van der Waals surface area contributed by atoms with E-state index in [1.54, 1.807) is 23.9 Å². The lowest BCUT2D eigenvalue weighted by molar-refractivity contribution is 1.28. The number of benzene rings is 1. The van der Waals surface area contributed by atoms with Crippen LogP contribution in [0.15, 0.2) is 46.2 Å². The van der Waals surface area contributed by atoms with Gasteiger partial charge in [-0.2, -0.15) is 0 Å². The van der Waals surface area contributed by atoms with Crippen molar-refractivity contribution in [2.75, 3.05) is 11.5 Å². The Morgan fingerprint density at radius 2 is 1.50 bits per heavy atom. The van der Waals surface area contributed by atoms with Gasteiger partial charge >= 0.3 is 0 Å². The molecule has 0 fully saturated rings. The summed E-state index contributed by atoms with van der Waals surface area (Å²) in [6.45, 7) is 0. The minimum atomic E-state index is 0.427. The van der Waals surface area contributed by atoms with Gasteiger partial charge in [0, 0.05) is 14.8 Å². The molecule has 0 atom stereocenters. The number of hydrogen-bond acceptors (Lipinski definition) is 4. The van der Waals surface area contributed by atoms with Gasteiger partial charge in [0.05, 0.1) is 0 Å². The smallest absolute Gasteiger partial charge is 0.126 e. The monoisotopic (exact) mass is 251 g/mol. The molecule has 0 aliphatic carbocycles. The summed E-state index contributed by atoms with van der Waals surface area (Å²) < 4.78 is 0. The third-order valence-corrected chi connectivity index (χ3v) is 3.12. The number of rotatable bonds is 2. The van der Waals surface area contributed by atoms with Gasteiger partial charge in [0.1, 0.15) is 11.6 Å². The second-order valence-corrected chi connectivity index (χ2v) is 4.79. The first kappa shape index (κ1) is 11.1. The Morgan fingerprint density at radius 3 is 2.06 bits per heavy atom. The number of nitrogen functional groups attached to an aromatic ring is 2. The molecule has 0 unspecified atom stereocenters. The van der Waals surface area contributed by atoms with Crippen LogP contribution in [-0.4, -0.2) is 4.98 Å². The first-order valence-corrected chi connectivity index (χ1v) is 5.79. The quantitative estimate of drug-likeness (QED) is 0.861. The van der Waals surface area contributed by atoms with Crippen LogP contribution in [0.4, 0.5) is 11.6 Å². The molecule has 1 heterocycles. The molecule has 0 spiro atoms. The van der Waals surface area contributed by atoms with Crippen molar-refractivity contribution in [3.63, 3.8) is 0 Å². The van der Waals surface area contributed by atoms with Gasteiger partial charge in [-0.25, -0.2) is 4.98 Å². The van der Waals surface area contributed by atoms with Gasteiger partial charge in [0.2, 0.25) is 0 Å². The highest BCUT2D eigenvalue weighted by Crippen LogP contribution is 2.30. The van der Waals surface area contributed by atoms with Crippen LogP contribution in [0.1, 0.15) is 0 Å². The van der Waals surface area contributed by atoms with Crippen LogP contribution in [0.3, 0.4) is 0 Å². The molecule has 5 heteroatoms. The topological polar surface area (TPSA) is 64.9 Å². The van der Waals surface area contributed by atoms with Crippen LogP contribution in [-0.2, 0) is 0 Å². The molecule has 0 saturated heterocycles. The first-order valence-electron chi connectivity index (χ1n) is 4.60. The molecular formula is C11H10ClN3S. The summed E-state index contributed by atoms with van der Waals surface area (Å²) in [6.07, 6.45) is 0. The third kappa shape index (κ3) is 2.81. The molecule has 16 heavy (non-hydrogen) atoms. The van der Waals surface area contributed by atoms with E-state index in [0.717, 1.165) is 14.8 Å². The third-order valence-electron chi connectivity index (χ3n) is 1.89. The minimum Gasteiger partial charge on any atom is -0.384 e. The lowest BCUT2D eigenvalue weighted by atomic mass is 10.4. The number of nitrogens with zero attached hydrogens (tertiary/aromatic N) is 1. The van der Waals surface area contributed by atoms with E-state index in [2.05, 4.69) is 4.98 Å². The first-order chi connectivity index (χ1) is 7.63. The van der Waals surface area contributed by atoms with Crippen molar-refractivity contribution >= 4 is 35.0 Å². The molecule has 1 aromatic heterocycles. The predicted octanol–water partition coefficient (Wildman–Crippen LogP) is 3.05. The summed E-state index contributed by atoms with van der Waals surface area (Å²) in [5, 5.41) is 0.720. The zero-order chi connectivity index (χ0) is 11.5. The van der Waals surface area contributed by atoms with Crippen LogP contribution >= 0.6 is 23.4 Å². The molecule has 82 valence electrons. The van der Waals surface area contributed by atoms with Crippen molar-refractivity contribution in [2.24, 2.45) is 0 Å². The van der Waals surface area contributed by atoms with E-state index in [-0.39, 0.29) is 0 Å². The Kier molecular flexibility index (Phi) is 3.22. The van der Waals surface area contributed by atoms with Gasteiger partial charge in [-0.15, -0.1) is 0 Å². The van der Waals surface area contributed by atoms with E-state index in [9.17, 15) is 0 Å². The summed E-state index contributed by atoms with van der Waals surface area (Å²) in [7, 11) is 0. The molecule has 1 aromatic carbocycles. The van der Waals surface area contributed by atoms with Crippen molar-refractivity contribution in [3.05, 3.63) is 41.4 Å². The Hall–Kier alpha value is -1.39. The normalized spacial score (nSPS) is 10.3. The van der Waals surface area contributed by atoms with Crippen LogP contribution in [0.25, 0.3) is 0 Å². The molecule has 3 nitrogen and oxygen atoms in total. The number of halogens is 1. The summed E-state index contributed by atoms with van der Waals surface area (Å²) >= 11 is 7.37. The number of anilines is 2. The van der Waals surface area contributed by atoms with Crippen LogP contribution in [0.2, 0.25) is 5.02 Å². The summed E-state index contributed by atoms with van der Waals surface area (Å²) in [5.41, 5.74) is 11.2. The molecule has 0 saturated carbocycles. The maximum atomic E-state index is 5.81. The highest BCUT2D eigenvalue weighted by Gasteiger charge is 2.00. The molecule has 4 N–H and O–H groups in total. The fraction of sp³-hybridized carbons (Fsp3) is 0. The maximum absolute atomic E-state index is 5.81. The predicted molar refractivity (Wildman–Crippen MR) is 68.6 cm³/mol. The average Bonchev–Trinajstić information content (AvgIpc) is 2.20. The fourth-order valence-electron chi connectivity index (χ4n) is 1.24. The molecule has 0 amide bonds. The molecule has 0 aliphatic rings. The van der Waals surface area contributed by atoms with Crippen molar-refractivity contribution in [2.45, 2.75) is 9.79 Å². The van der Waals surface area contributed by atoms with E-state index < -0.39 is 0 Å². The fourth-order valence-corrected chi connectivity index (χ4v) is 2.27. The van der Waals surface area contributed by atoms with Crippen molar-refractivity contribution in [1.82, 2.24) is 4.98 Å². The van der Waals surface area contributed by atoms with Crippen LogP contribution in [0, 0.1) is 0 Å². The molecular weight excluding hydrogens is 242 g/mol. The second-order valence-electron chi connectivity index (χ2n) is 3.21. The number of nitrogens with two attached hydrogens (primary N) is 2. The average molecular weight is 252 g/mol. The summed E-state index contributed by atoms with van der Waals surface area (Å²) in [4.78, 5) is 5.95. The van der Waals surface area contributed by atoms with E-state index in [4.69, 9.17) is 23.1 Å². The van der Waals surface area contributed by atoms with Crippen LogP contribution in [0.5, 0.6) is 0 Å². The van der Waals surface area contributed by atoms with Crippen molar-refractivity contribution in [3.8, 4) is 0 Å². The lowest BCUT2D eigenvalue weighted by Gasteiger charge is -2.03. The van der Waals surface area contributed by atoms with Gasteiger partial charge < -0.3 is 11.5 Å². The number of hydrogen-bond donors (Lipinski definition) is 2. The highest BCUT2D eigenvalue weighted by atomic mass is 35.5. The van der Waals surface area contributed by atoms with E-state index in [0.29, 0.717) is 11.6 Å². The van der Waals surface area contributed by atoms with Gasteiger partial charge in [-0.05, 0) is 36.4 Å². The number of aromatic nitrogens is 1. The van der Waals surface area contributed by atoms with Crippen molar-refractivity contribution < 1.29 is 0 Å². The zero-order valence-electron chi connectivity index (χ0n) is 8.35. The molecule has 2 aromatic rings. The summed E-state index contributed by atoms with van der Waals surface area (Å²) in [5.74, 6) is 0.855. The Balaban J connectivity index is 2.23. The number of pyridine rings is 1. The SMILES string of the molecule is Nc1cc(Sc2ccc(Cl)cc2)cc(N)n1.